The molecular weight excluding hydrogens is 294 g/mol. The summed E-state index contributed by atoms with van der Waals surface area (Å²) < 4.78 is 0. The van der Waals surface area contributed by atoms with Crippen LogP contribution in [0.25, 0.3) is 0 Å². The minimum atomic E-state index is -0.509. The van der Waals surface area contributed by atoms with Gasteiger partial charge in [0.2, 0.25) is 0 Å². The third-order valence-corrected chi connectivity index (χ3v) is 6.73. The number of aromatic hydroxyl groups is 1. The number of hydrogen-bond acceptors (Lipinski definition) is 4. The average molecular weight is 315 g/mol. The van der Waals surface area contributed by atoms with Crippen molar-refractivity contribution in [2.24, 2.45) is 17.3 Å². The number of carbonyl (C=O) groups is 1. The lowest BCUT2D eigenvalue weighted by atomic mass is 9.55. The Balaban J connectivity index is 1.76. The van der Waals surface area contributed by atoms with E-state index in [0.717, 1.165) is 43.2 Å². The molecule has 23 heavy (non-hydrogen) atoms. The Kier molecular flexibility index (Phi) is 3.06. The van der Waals surface area contributed by atoms with Gasteiger partial charge in [-0.2, -0.15) is 0 Å². The van der Waals surface area contributed by atoms with Gasteiger partial charge in [-0.15, -0.1) is 0 Å². The second-order valence-electron chi connectivity index (χ2n) is 7.63. The van der Waals surface area contributed by atoms with Crippen molar-refractivity contribution in [3.05, 3.63) is 33.4 Å². The van der Waals surface area contributed by atoms with Crippen LogP contribution in [0, 0.1) is 27.4 Å². The first-order chi connectivity index (χ1) is 10.9. The Hall–Kier alpha value is -1.91. The quantitative estimate of drug-likeness (QED) is 0.632. The van der Waals surface area contributed by atoms with Crippen LogP contribution in [0.4, 0.5) is 5.69 Å². The molecule has 0 aromatic heterocycles. The molecule has 0 amide bonds. The lowest BCUT2D eigenvalue weighted by Gasteiger charge is -2.48. The molecule has 3 aliphatic rings. The van der Waals surface area contributed by atoms with E-state index < -0.39 is 4.92 Å². The molecule has 0 aliphatic heterocycles. The number of hydrogen-bond donors (Lipinski definition) is 1. The molecule has 4 rings (SSSR count). The zero-order valence-corrected chi connectivity index (χ0v) is 13.2. The highest BCUT2D eigenvalue weighted by Crippen LogP contribution is 2.60. The van der Waals surface area contributed by atoms with Gasteiger partial charge in [-0.05, 0) is 67.1 Å². The molecule has 1 aromatic carbocycles. The van der Waals surface area contributed by atoms with Crippen molar-refractivity contribution in [2.75, 3.05) is 0 Å². The Morgan fingerprint density at radius 3 is 2.78 bits per heavy atom. The number of nitro benzene ring substituents is 1. The van der Waals surface area contributed by atoms with E-state index in [1.165, 1.54) is 0 Å². The van der Waals surface area contributed by atoms with E-state index in [1.807, 2.05) is 0 Å². The molecule has 2 saturated carbocycles. The third kappa shape index (κ3) is 1.95. The Labute approximate surface area is 134 Å². The van der Waals surface area contributed by atoms with Crippen LogP contribution in [0.5, 0.6) is 5.75 Å². The summed E-state index contributed by atoms with van der Waals surface area (Å²) in [6.07, 6.45) is 5.30. The molecule has 5 nitrogen and oxygen atoms in total. The number of ketones is 1. The Bertz CT molecular complexity index is 713. The summed E-state index contributed by atoms with van der Waals surface area (Å²) in [6.45, 7) is 2.12. The average Bonchev–Trinajstić information content (AvgIpc) is 2.81. The summed E-state index contributed by atoms with van der Waals surface area (Å²) in [4.78, 5) is 23.0. The van der Waals surface area contributed by atoms with E-state index >= 15 is 0 Å². The van der Waals surface area contributed by atoms with Crippen LogP contribution in [0.2, 0.25) is 0 Å². The van der Waals surface area contributed by atoms with E-state index in [4.69, 9.17) is 0 Å². The highest BCUT2D eigenvalue weighted by molar-refractivity contribution is 5.87. The highest BCUT2D eigenvalue weighted by atomic mass is 16.6. The van der Waals surface area contributed by atoms with Gasteiger partial charge in [0, 0.05) is 17.9 Å². The van der Waals surface area contributed by atoms with Crippen molar-refractivity contribution in [1.29, 1.82) is 0 Å². The Morgan fingerprint density at radius 1 is 1.26 bits per heavy atom. The third-order valence-electron chi connectivity index (χ3n) is 6.73. The monoisotopic (exact) mass is 315 g/mol. The molecule has 2 fully saturated rings. The predicted octanol–water partition coefficient (Wildman–Crippen LogP) is 3.73. The number of benzene rings is 1. The van der Waals surface area contributed by atoms with Crippen molar-refractivity contribution < 1.29 is 14.8 Å². The van der Waals surface area contributed by atoms with E-state index in [0.29, 0.717) is 30.0 Å². The second-order valence-corrected chi connectivity index (χ2v) is 7.63. The van der Waals surface area contributed by atoms with Gasteiger partial charge in [0.05, 0.1) is 4.92 Å². The molecule has 1 N–H and O–H groups in total. The molecule has 0 heterocycles. The van der Waals surface area contributed by atoms with Gasteiger partial charge in [0.25, 0.3) is 0 Å². The van der Waals surface area contributed by atoms with E-state index in [1.54, 1.807) is 12.1 Å². The molecule has 1 aromatic rings. The number of nitro groups is 1. The van der Waals surface area contributed by atoms with Gasteiger partial charge in [0.15, 0.2) is 5.75 Å². The van der Waals surface area contributed by atoms with Crippen LogP contribution < -0.4 is 0 Å². The van der Waals surface area contributed by atoms with Crippen molar-refractivity contribution in [1.82, 2.24) is 0 Å². The molecule has 4 atom stereocenters. The number of phenols is 1. The topological polar surface area (TPSA) is 80.4 Å². The smallest absolute Gasteiger partial charge is 0.310 e. The zero-order chi connectivity index (χ0) is 16.4. The molecule has 3 unspecified atom stereocenters. The SMILES string of the molecule is C[C@]12CCC3c4cc([N+](=O)[O-])c(O)cc4CCC3C1CCC2=O. The molecule has 122 valence electrons. The van der Waals surface area contributed by atoms with Gasteiger partial charge in [0.1, 0.15) is 5.78 Å². The number of carbonyl (C=O) groups excluding carboxylic acids is 1. The van der Waals surface area contributed by atoms with Crippen LogP contribution in [0.3, 0.4) is 0 Å². The fourth-order valence-corrected chi connectivity index (χ4v) is 5.51. The molecular formula is C18H21NO4. The Morgan fingerprint density at radius 2 is 2.04 bits per heavy atom. The molecule has 0 spiro atoms. The number of nitrogens with zero attached hydrogens (tertiary/aromatic N) is 1. The van der Waals surface area contributed by atoms with Crippen molar-refractivity contribution in [3.63, 3.8) is 0 Å². The van der Waals surface area contributed by atoms with Crippen molar-refractivity contribution in [2.45, 2.75) is 51.4 Å². The van der Waals surface area contributed by atoms with Gasteiger partial charge < -0.3 is 5.11 Å². The van der Waals surface area contributed by atoms with Gasteiger partial charge >= 0.3 is 5.69 Å². The largest absolute Gasteiger partial charge is 0.502 e. The highest BCUT2D eigenvalue weighted by Gasteiger charge is 2.54. The molecule has 3 aliphatic carbocycles. The summed E-state index contributed by atoms with van der Waals surface area (Å²) >= 11 is 0. The van der Waals surface area contributed by atoms with Gasteiger partial charge in [-0.1, -0.05) is 6.92 Å². The van der Waals surface area contributed by atoms with Crippen LogP contribution in [-0.2, 0) is 11.2 Å². The van der Waals surface area contributed by atoms with Gasteiger partial charge in [-0.3, -0.25) is 14.9 Å². The maximum absolute atomic E-state index is 12.3. The molecule has 0 bridgehead atoms. The normalized spacial score (nSPS) is 35.3. The van der Waals surface area contributed by atoms with Gasteiger partial charge in [-0.25, -0.2) is 0 Å². The maximum atomic E-state index is 12.3. The second kappa shape index (κ2) is 4.79. The fourth-order valence-electron chi connectivity index (χ4n) is 5.51. The summed E-state index contributed by atoms with van der Waals surface area (Å²) in [5.74, 6) is 1.32. The minimum Gasteiger partial charge on any atom is -0.502 e. The predicted molar refractivity (Wildman–Crippen MR) is 84.4 cm³/mol. The number of Topliss-reactive ketones (excluding diaryl/α,β-unsaturated/α-hetero) is 1. The summed E-state index contributed by atoms with van der Waals surface area (Å²) in [5.41, 5.74) is 1.70. The molecule has 0 radical (unpaired) electrons. The number of aryl methyl sites for hydroxylation is 1. The lowest BCUT2D eigenvalue weighted by Crippen LogP contribution is -2.42. The zero-order valence-electron chi connectivity index (χ0n) is 13.2. The maximum Gasteiger partial charge on any atom is 0.310 e. The first-order valence-corrected chi connectivity index (χ1v) is 8.45. The fraction of sp³-hybridized carbons (Fsp3) is 0.611. The summed E-state index contributed by atoms with van der Waals surface area (Å²) in [5, 5.41) is 21.0. The van der Waals surface area contributed by atoms with E-state index in [9.17, 15) is 20.0 Å². The first kappa shape index (κ1) is 14.7. The number of rotatable bonds is 1. The molecule has 5 heteroatoms. The lowest BCUT2D eigenvalue weighted by molar-refractivity contribution is -0.386. The van der Waals surface area contributed by atoms with E-state index in [2.05, 4.69) is 6.92 Å². The van der Waals surface area contributed by atoms with E-state index in [-0.39, 0.29) is 16.9 Å². The number of phenolic OH excluding ortho intramolecular Hbond substituents is 1. The number of fused-ring (bicyclic) bond motifs is 5. The summed E-state index contributed by atoms with van der Waals surface area (Å²) in [6, 6.07) is 3.16. The van der Waals surface area contributed by atoms with Crippen molar-refractivity contribution in [3.8, 4) is 5.75 Å². The van der Waals surface area contributed by atoms with Crippen molar-refractivity contribution >= 4 is 11.5 Å². The van der Waals surface area contributed by atoms with Crippen LogP contribution in [0.15, 0.2) is 12.1 Å². The van der Waals surface area contributed by atoms with Crippen LogP contribution >= 0.6 is 0 Å². The van der Waals surface area contributed by atoms with Crippen LogP contribution in [0.1, 0.15) is 56.1 Å². The van der Waals surface area contributed by atoms with Crippen LogP contribution in [-0.4, -0.2) is 15.8 Å². The standard InChI is InChI=1S/C18H21NO4/c1-18-7-6-11-12(14(18)4-5-17(18)21)3-2-10-8-16(20)15(19(22)23)9-13(10)11/h8-9,11-12,14,20H,2-7H2,1H3/t11?,12?,14?,18-/m0/s1. The molecule has 0 saturated heterocycles. The first-order valence-electron chi connectivity index (χ1n) is 8.45. The summed E-state index contributed by atoms with van der Waals surface area (Å²) in [7, 11) is 0. The minimum absolute atomic E-state index is 0.179.